The zero-order chi connectivity index (χ0) is 16.0. The van der Waals surface area contributed by atoms with Gasteiger partial charge in [-0.3, -0.25) is 0 Å². The highest BCUT2D eigenvalue weighted by Gasteiger charge is 2.21. The van der Waals surface area contributed by atoms with Gasteiger partial charge in [0.15, 0.2) is 0 Å². The predicted molar refractivity (Wildman–Crippen MR) is 98.9 cm³/mol. The van der Waals surface area contributed by atoms with Crippen LogP contribution in [0.1, 0.15) is 65.4 Å². The van der Waals surface area contributed by atoms with Crippen LogP contribution in [0.5, 0.6) is 5.75 Å². The second-order valence-corrected chi connectivity index (χ2v) is 8.57. The topological polar surface area (TPSA) is 20.2 Å². The highest BCUT2D eigenvalue weighted by atomic mass is 79.9. The van der Waals surface area contributed by atoms with Crippen molar-refractivity contribution in [2.45, 2.75) is 66.2 Å². The summed E-state index contributed by atoms with van der Waals surface area (Å²) in [6, 6.07) is 4.06. The van der Waals surface area contributed by atoms with Crippen LogP contribution in [0.2, 0.25) is 0 Å². The molecule has 0 spiro atoms. The molecule has 1 rings (SSSR count). The maximum atomic E-state index is 9.78. The van der Waals surface area contributed by atoms with Gasteiger partial charge >= 0.3 is 0 Å². The zero-order valence-electron chi connectivity index (χ0n) is 13.7. The first-order valence-electron chi connectivity index (χ1n) is 7.94. The average molecular weight is 420 g/mol. The monoisotopic (exact) mass is 418 g/mol. The highest BCUT2D eigenvalue weighted by molar-refractivity contribution is 9.11. The van der Waals surface area contributed by atoms with Crippen molar-refractivity contribution in [3.05, 3.63) is 26.6 Å². The molecular formula is C18H28Br2O. The van der Waals surface area contributed by atoms with E-state index in [2.05, 4.69) is 59.6 Å². The molecule has 0 heterocycles. The summed E-state index contributed by atoms with van der Waals surface area (Å²) in [5, 5.41) is 9.78. The molecule has 3 heteroatoms. The number of phenolic OH excluding ortho intramolecular Hbond substituents is 1. The summed E-state index contributed by atoms with van der Waals surface area (Å²) in [6.07, 6.45) is 7.44. The van der Waals surface area contributed by atoms with Crippen LogP contribution in [0.25, 0.3) is 0 Å². The molecule has 0 unspecified atom stereocenters. The van der Waals surface area contributed by atoms with Gasteiger partial charge in [-0.2, -0.15) is 0 Å². The molecule has 0 fully saturated rings. The Labute approximate surface area is 146 Å². The predicted octanol–water partition coefficient (Wildman–Crippen LogP) is 7.09. The van der Waals surface area contributed by atoms with E-state index < -0.39 is 0 Å². The summed E-state index contributed by atoms with van der Waals surface area (Å²) in [4.78, 5) is 0. The second kappa shape index (κ2) is 8.57. The van der Waals surface area contributed by atoms with Gasteiger partial charge < -0.3 is 5.11 Å². The van der Waals surface area contributed by atoms with Crippen molar-refractivity contribution in [3.63, 3.8) is 0 Å². The lowest BCUT2D eigenvalue weighted by Gasteiger charge is -2.29. The molecule has 1 nitrogen and oxygen atoms in total. The molecule has 0 aliphatic heterocycles. The molecule has 0 aromatic heterocycles. The van der Waals surface area contributed by atoms with E-state index in [1.54, 1.807) is 0 Å². The van der Waals surface area contributed by atoms with E-state index in [-0.39, 0.29) is 5.75 Å². The van der Waals surface area contributed by atoms with Crippen LogP contribution in [0, 0.1) is 11.3 Å². The molecule has 1 N–H and O–H groups in total. The second-order valence-electron chi connectivity index (χ2n) is 6.86. The number of phenols is 1. The van der Waals surface area contributed by atoms with Crippen LogP contribution in [0.4, 0.5) is 0 Å². The first-order chi connectivity index (χ1) is 9.77. The molecule has 0 amide bonds. The Hall–Kier alpha value is -0.0200. The quantitative estimate of drug-likeness (QED) is 0.476. The van der Waals surface area contributed by atoms with Crippen LogP contribution in [-0.2, 0) is 6.42 Å². The smallest absolute Gasteiger partial charge is 0.143 e. The number of aromatic hydroxyl groups is 1. The van der Waals surface area contributed by atoms with Crippen molar-refractivity contribution in [1.82, 2.24) is 0 Å². The van der Waals surface area contributed by atoms with Crippen molar-refractivity contribution < 1.29 is 5.11 Å². The molecule has 1 aromatic rings. The fourth-order valence-electron chi connectivity index (χ4n) is 2.62. The maximum absolute atomic E-state index is 9.78. The minimum atomic E-state index is 0.286. The van der Waals surface area contributed by atoms with Crippen molar-refractivity contribution in [2.75, 3.05) is 0 Å². The third kappa shape index (κ3) is 6.32. The Kier molecular flexibility index (Phi) is 7.77. The minimum Gasteiger partial charge on any atom is -0.506 e. The van der Waals surface area contributed by atoms with E-state index in [1.807, 2.05) is 12.1 Å². The van der Waals surface area contributed by atoms with E-state index in [9.17, 15) is 5.11 Å². The number of benzene rings is 1. The molecule has 0 radical (unpaired) electrons. The molecule has 0 aliphatic carbocycles. The fourth-order valence-corrected chi connectivity index (χ4v) is 3.91. The van der Waals surface area contributed by atoms with Crippen LogP contribution >= 0.6 is 31.9 Å². The molecule has 1 aromatic carbocycles. The lowest BCUT2D eigenvalue weighted by molar-refractivity contribution is 0.247. The number of aryl methyl sites for hydroxylation is 1. The van der Waals surface area contributed by atoms with Gasteiger partial charge in [-0.15, -0.1) is 0 Å². The van der Waals surface area contributed by atoms with Crippen molar-refractivity contribution in [3.8, 4) is 5.75 Å². The summed E-state index contributed by atoms with van der Waals surface area (Å²) in [5.74, 6) is 1.09. The van der Waals surface area contributed by atoms with Crippen molar-refractivity contribution >= 4 is 31.9 Å². The lowest BCUT2D eigenvalue weighted by atomic mass is 9.77. The molecule has 0 saturated heterocycles. The highest BCUT2D eigenvalue weighted by Crippen LogP contribution is 2.37. The Morgan fingerprint density at radius 3 is 2.19 bits per heavy atom. The molecule has 120 valence electrons. The van der Waals surface area contributed by atoms with E-state index in [1.165, 1.54) is 37.7 Å². The van der Waals surface area contributed by atoms with Gasteiger partial charge in [-0.1, -0.05) is 47.0 Å². The van der Waals surface area contributed by atoms with Gasteiger partial charge in [0, 0.05) is 0 Å². The first kappa shape index (κ1) is 19.0. The van der Waals surface area contributed by atoms with Crippen LogP contribution in [-0.4, -0.2) is 5.11 Å². The zero-order valence-corrected chi connectivity index (χ0v) is 16.8. The van der Waals surface area contributed by atoms with Gasteiger partial charge in [-0.25, -0.2) is 0 Å². The van der Waals surface area contributed by atoms with Crippen LogP contribution < -0.4 is 0 Å². The Balaban J connectivity index is 2.62. The number of halogens is 2. The SMILES string of the molecule is CC[C@](C)(CCCC(C)C)CCc1cc(Br)c(O)c(Br)c1. The van der Waals surface area contributed by atoms with Gasteiger partial charge in [0.1, 0.15) is 5.75 Å². The van der Waals surface area contributed by atoms with E-state index in [4.69, 9.17) is 0 Å². The number of hydrogen-bond donors (Lipinski definition) is 1. The normalized spacial score (nSPS) is 14.4. The lowest BCUT2D eigenvalue weighted by Crippen LogP contribution is -2.16. The van der Waals surface area contributed by atoms with Crippen molar-refractivity contribution in [2.24, 2.45) is 11.3 Å². The van der Waals surface area contributed by atoms with Crippen LogP contribution in [0.3, 0.4) is 0 Å². The average Bonchev–Trinajstić information content (AvgIpc) is 2.42. The number of rotatable bonds is 8. The van der Waals surface area contributed by atoms with E-state index in [0.717, 1.165) is 21.3 Å². The molecular weight excluding hydrogens is 392 g/mol. The Morgan fingerprint density at radius 2 is 1.71 bits per heavy atom. The molecule has 0 saturated carbocycles. The van der Waals surface area contributed by atoms with Crippen molar-refractivity contribution in [1.29, 1.82) is 0 Å². The third-order valence-electron chi connectivity index (χ3n) is 4.51. The number of hydrogen-bond acceptors (Lipinski definition) is 1. The largest absolute Gasteiger partial charge is 0.506 e. The summed E-state index contributed by atoms with van der Waals surface area (Å²) in [7, 11) is 0. The van der Waals surface area contributed by atoms with E-state index >= 15 is 0 Å². The molecule has 0 aliphatic rings. The minimum absolute atomic E-state index is 0.286. The standard InChI is InChI=1S/C18H28Br2O/c1-5-18(4,9-6-7-13(2)3)10-8-14-11-15(19)17(21)16(20)12-14/h11-13,21H,5-10H2,1-4H3/t18-/m1/s1. The summed E-state index contributed by atoms with van der Waals surface area (Å²) < 4.78 is 1.54. The Morgan fingerprint density at radius 1 is 1.14 bits per heavy atom. The summed E-state index contributed by atoms with van der Waals surface area (Å²) in [5.41, 5.74) is 1.70. The van der Waals surface area contributed by atoms with Gasteiger partial charge in [0.25, 0.3) is 0 Å². The summed E-state index contributed by atoms with van der Waals surface area (Å²) in [6.45, 7) is 9.32. The van der Waals surface area contributed by atoms with Gasteiger partial charge in [0.05, 0.1) is 8.95 Å². The van der Waals surface area contributed by atoms with E-state index in [0.29, 0.717) is 5.41 Å². The van der Waals surface area contributed by atoms with Gasteiger partial charge in [-0.05, 0) is 80.2 Å². The summed E-state index contributed by atoms with van der Waals surface area (Å²) >= 11 is 6.82. The molecule has 1 atom stereocenters. The third-order valence-corrected chi connectivity index (χ3v) is 5.72. The first-order valence-corrected chi connectivity index (χ1v) is 9.53. The molecule has 0 bridgehead atoms. The Bertz CT molecular complexity index is 434. The van der Waals surface area contributed by atoms with Crippen LogP contribution in [0.15, 0.2) is 21.1 Å². The maximum Gasteiger partial charge on any atom is 0.143 e. The fraction of sp³-hybridized carbons (Fsp3) is 0.667. The molecule has 21 heavy (non-hydrogen) atoms. The van der Waals surface area contributed by atoms with Gasteiger partial charge in [0.2, 0.25) is 0 Å².